The molecule has 0 amide bonds. The Balaban J connectivity index is 0.00000144. The summed E-state index contributed by atoms with van der Waals surface area (Å²) in [5, 5.41) is 3.39. The molecule has 0 radical (unpaired) electrons. The molecule has 0 spiro atoms. The normalized spacial score (nSPS) is 17.5. The molecule has 1 fully saturated rings. The molecule has 4 nitrogen and oxygen atoms in total. The first-order valence-corrected chi connectivity index (χ1v) is 7.90. The van der Waals surface area contributed by atoms with Gasteiger partial charge in [0.05, 0.1) is 6.20 Å². The van der Waals surface area contributed by atoms with E-state index in [9.17, 15) is 0 Å². The minimum absolute atomic E-state index is 0. The summed E-state index contributed by atoms with van der Waals surface area (Å²) in [6.45, 7) is 3.17. The number of pyridine rings is 1. The van der Waals surface area contributed by atoms with Gasteiger partial charge < -0.3 is 10.1 Å². The van der Waals surface area contributed by atoms with Crippen LogP contribution in [0.5, 0.6) is 11.5 Å². The Hall–Kier alpha value is -1.33. The summed E-state index contributed by atoms with van der Waals surface area (Å²) in [6, 6.07) is 12.7. The zero-order valence-corrected chi connectivity index (χ0v) is 15.5. The summed E-state index contributed by atoms with van der Waals surface area (Å²) < 4.78 is 6.00. The van der Waals surface area contributed by atoms with Gasteiger partial charge >= 0.3 is 0 Å². The van der Waals surface area contributed by atoms with E-state index in [1.165, 1.54) is 18.4 Å². The second-order valence-corrected chi connectivity index (χ2v) is 5.76. The maximum atomic E-state index is 6.00. The number of ether oxygens (including phenoxy) is 1. The van der Waals surface area contributed by atoms with Gasteiger partial charge in [-0.1, -0.05) is 18.2 Å². The van der Waals surface area contributed by atoms with E-state index in [1.54, 1.807) is 12.4 Å². The minimum atomic E-state index is 0. The lowest BCUT2D eigenvalue weighted by molar-refractivity contribution is 0.186. The van der Waals surface area contributed by atoms with Gasteiger partial charge in [0.15, 0.2) is 0 Å². The van der Waals surface area contributed by atoms with Crippen LogP contribution in [0.2, 0.25) is 0 Å². The lowest BCUT2D eigenvalue weighted by Gasteiger charge is -2.32. The van der Waals surface area contributed by atoms with E-state index < -0.39 is 0 Å². The monoisotopic (exact) mass is 369 g/mol. The van der Waals surface area contributed by atoms with Crippen molar-refractivity contribution in [3.05, 3.63) is 54.4 Å². The van der Waals surface area contributed by atoms with Gasteiger partial charge in [-0.05, 0) is 44.6 Å². The van der Waals surface area contributed by atoms with E-state index in [0.29, 0.717) is 6.04 Å². The highest BCUT2D eigenvalue weighted by Gasteiger charge is 2.19. The van der Waals surface area contributed by atoms with Crippen LogP contribution in [-0.2, 0) is 6.54 Å². The van der Waals surface area contributed by atoms with Crippen LogP contribution in [-0.4, -0.2) is 36.1 Å². The molecule has 1 atom stereocenters. The number of nitrogens with zero attached hydrogens (tertiary/aromatic N) is 2. The summed E-state index contributed by atoms with van der Waals surface area (Å²) in [5.41, 5.74) is 1.23. The van der Waals surface area contributed by atoms with Crippen LogP contribution in [0.15, 0.2) is 48.8 Å². The van der Waals surface area contributed by atoms with Crippen molar-refractivity contribution >= 4 is 24.8 Å². The summed E-state index contributed by atoms with van der Waals surface area (Å²) in [7, 11) is 2.05. The van der Waals surface area contributed by atoms with Gasteiger partial charge in [0, 0.05) is 30.9 Å². The Morgan fingerprint density at radius 1 is 1.21 bits per heavy atom. The van der Waals surface area contributed by atoms with Crippen LogP contribution in [0.3, 0.4) is 0 Å². The van der Waals surface area contributed by atoms with E-state index in [2.05, 4.69) is 27.3 Å². The van der Waals surface area contributed by atoms with Gasteiger partial charge in [-0.3, -0.25) is 9.88 Å². The predicted molar refractivity (Wildman–Crippen MR) is 103 cm³/mol. The average molecular weight is 370 g/mol. The third-order valence-electron chi connectivity index (χ3n) is 4.14. The molecule has 1 aromatic heterocycles. The number of para-hydroxylation sites is 1. The third-order valence-corrected chi connectivity index (χ3v) is 4.14. The fourth-order valence-corrected chi connectivity index (χ4v) is 2.94. The van der Waals surface area contributed by atoms with Crippen molar-refractivity contribution in [2.75, 3.05) is 20.1 Å². The number of hydrogen-bond donors (Lipinski definition) is 1. The highest BCUT2D eigenvalue weighted by atomic mass is 35.5. The smallest absolute Gasteiger partial charge is 0.145 e. The molecule has 1 aliphatic heterocycles. The molecule has 24 heavy (non-hydrogen) atoms. The molecule has 1 N–H and O–H groups in total. The predicted octanol–water partition coefficient (Wildman–Crippen LogP) is 3.90. The number of piperidine rings is 1. The first-order chi connectivity index (χ1) is 10.8. The Labute approximate surface area is 156 Å². The molecule has 6 heteroatoms. The van der Waals surface area contributed by atoms with Crippen LogP contribution in [0.4, 0.5) is 0 Å². The molecule has 3 rings (SSSR count). The van der Waals surface area contributed by atoms with Crippen molar-refractivity contribution in [1.82, 2.24) is 15.2 Å². The number of hydrogen-bond acceptors (Lipinski definition) is 4. The first-order valence-electron chi connectivity index (χ1n) is 7.90. The lowest BCUT2D eigenvalue weighted by Crippen LogP contribution is -2.43. The highest BCUT2D eigenvalue weighted by Crippen LogP contribution is 2.26. The summed E-state index contributed by atoms with van der Waals surface area (Å²) in [4.78, 5) is 6.60. The zero-order chi connectivity index (χ0) is 15.2. The van der Waals surface area contributed by atoms with Gasteiger partial charge in [0.25, 0.3) is 0 Å². The largest absolute Gasteiger partial charge is 0.455 e. The van der Waals surface area contributed by atoms with Gasteiger partial charge in [-0.2, -0.15) is 0 Å². The first kappa shape index (κ1) is 20.7. The minimum Gasteiger partial charge on any atom is -0.455 e. The Kier molecular flexibility index (Phi) is 9.08. The fraction of sp³-hybridized carbons (Fsp3) is 0.389. The van der Waals surface area contributed by atoms with Gasteiger partial charge in [-0.25, -0.2) is 0 Å². The fourth-order valence-electron chi connectivity index (χ4n) is 2.94. The van der Waals surface area contributed by atoms with E-state index in [0.717, 1.165) is 31.1 Å². The standard InChI is InChI=1S/C18H23N3O.2ClH/c1-19-16-7-5-11-21(14-16)13-15-6-2-3-9-18(15)22-17-8-4-10-20-12-17;;/h2-4,6,8-10,12,16,19H,5,7,11,13-14H2,1H3;2*1H. The van der Waals surface area contributed by atoms with Crippen molar-refractivity contribution < 1.29 is 4.74 Å². The molecule has 2 heterocycles. The van der Waals surface area contributed by atoms with Crippen molar-refractivity contribution in [2.24, 2.45) is 0 Å². The highest BCUT2D eigenvalue weighted by molar-refractivity contribution is 5.85. The average Bonchev–Trinajstić information content (AvgIpc) is 2.58. The Bertz CT molecular complexity index is 598. The van der Waals surface area contributed by atoms with Gasteiger partial charge in [-0.15, -0.1) is 24.8 Å². The van der Waals surface area contributed by atoms with E-state index in [4.69, 9.17) is 4.74 Å². The van der Waals surface area contributed by atoms with Crippen LogP contribution in [0, 0.1) is 0 Å². The van der Waals surface area contributed by atoms with Crippen molar-refractivity contribution in [3.8, 4) is 11.5 Å². The molecule has 1 aliphatic rings. The Morgan fingerprint density at radius 2 is 2.04 bits per heavy atom. The van der Waals surface area contributed by atoms with Crippen LogP contribution in [0.1, 0.15) is 18.4 Å². The second-order valence-electron chi connectivity index (χ2n) is 5.76. The molecule has 0 aliphatic carbocycles. The zero-order valence-electron chi connectivity index (χ0n) is 13.9. The maximum absolute atomic E-state index is 6.00. The number of nitrogens with one attached hydrogen (secondary N) is 1. The molecule has 132 valence electrons. The lowest BCUT2D eigenvalue weighted by atomic mass is 10.0. The van der Waals surface area contributed by atoms with Gasteiger partial charge in [0.1, 0.15) is 11.5 Å². The van der Waals surface area contributed by atoms with Crippen molar-refractivity contribution in [2.45, 2.75) is 25.4 Å². The van der Waals surface area contributed by atoms with E-state index >= 15 is 0 Å². The second kappa shape index (κ2) is 10.5. The molecular weight excluding hydrogens is 345 g/mol. The third kappa shape index (κ3) is 5.64. The Morgan fingerprint density at radius 3 is 2.79 bits per heavy atom. The number of likely N-dealkylation sites (N-methyl/N-ethyl adjacent to an activating group) is 1. The summed E-state index contributed by atoms with van der Waals surface area (Å²) in [5.74, 6) is 1.70. The molecule has 2 aromatic rings. The molecule has 0 bridgehead atoms. The van der Waals surface area contributed by atoms with Crippen LogP contribution in [0.25, 0.3) is 0 Å². The number of rotatable bonds is 5. The topological polar surface area (TPSA) is 37.4 Å². The SMILES string of the molecule is CNC1CCCN(Cc2ccccc2Oc2cccnc2)C1.Cl.Cl. The number of likely N-dealkylation sites (tertiary alicyclic amines) is 1. The molecular formula is C18H25Cl2N3O. The van der Waals surface area contributed by atoms with Crippen LogP contribution < -0.4 is 10.1 Å². The number of halogens is 2. The molecule has 1 unspecified atom stereocenters. The number of aromatic nitrogens is 1. The molecule has 1 aromatic carbocycles. The van der Waals surface area contributed by atoms with Crippen molar-refractivity contribution in [1.29, 1.82) is 0 Å². The summed E-state index contributed by atoms with van der Waals surface area (Å²) >= 11 is 0. The molecule has 0 saturated carbocycles. The maximum Gasteiger partial charge on any atom is 0.145 e. The van der Waals surface area contributed by atoms with E-state index in [-0.39, 0.29) is 24.8 Å². The van der Waals surface area contributed by atoms with Crippen LogP contribution >= 0.6 is 24.8 Å². The quantitative estimate of drug-likeness (QED) is 0.866. The van der Waals surface area contributed by atoms with Gasteiger partial charge in [0.2, 0.25) is 0 Å². The molecule has 1 saturated heterocycles. The van der Waals surface area contributed by atoms with E-state index in [1.807, 2.05) is 31.3 Å². The van der Waals surface area contributed by atoms with Crippen molar-refractivity contribution in [3.63, 3.8) is 0 Å². The number of benzene rings is 1. The summed E-state index contributed by atoms with van der Waals surface area (Å²) in [6.07, 6.45) is 6.01.